The highest BCUT2D eigenvalue weighted by atomic mass is 16.6. The van der Waals surface area contributed by atoms with Crippen LogP contribution in [-0.4, -0.2) is 24.5 Å². The van der Waals surface area contributed by atoms with Gasteiger partial charge in [-0.25, -0.2) is 0 Å². The van der Waals surface area contributed by atoms with Crippen molar-refractivity contribution in [3.63, 3.8) is 0 Å². The van der Waals surface area contributed by atoms with E-state index in [1.807, 2.05) is 24.3 Å². The average Bonchev–Trinajstić information content (AvgIpc) is 2.58. The quantitative estimate of drug-likeness (QED) is 0.480. The summed E-state index contributed by atoms with van der Waals surface area (Å²) in [6.07, 6.45) is 1.63. The molecule has 2 aromatic rings. The van der Waals surface area contributed by atoms with Crippen LogP contribution in [-0.2, 0) is 6.42 Å². The Morgan fingerprint density at radius 1 is 1.25 bits per heavy atom. The Kier molecular flexibility index (Phi) is 5.89. The molecule has 0 saturated carbocycles. The lowest BCUT2D eigenvalue weighted by atomic mass is 10.1. The van der Waals surface area contributed by atoms with E-state index in [-0.39, 0.29) is 11.6 Å². The standard InChI is InChI=1S/C18H20N2O4/c1-13-11-15(8-9-17(13)20(22)23)18(21)19-10-4-6-14-5-3-7-16(12-14)24-2/h3,5,7-9,11-12H,4,6,10H2,1-2H3,(H,19,21). The lowest BCUT2D eigenvalue weighted by Crippen LogP contribution is -2.24. The molecule has 0 spiro atoms. The summed E-state index contributed by atoms with van der Waals surface area (Å²) in [5.41, 5.74) is 2.07. The number of nitro benzene ring substituents is 1. The van der Waals surface area contributed by atoms with Gasteiger partial charge in [0.15, 0.2) is 0 Å². The molecule has 0 aliphatic rings. The van der Waals surface area contributed by atoms with E-state index in [0.717, 1.165) is 24.2 Å². The Hall–Kier alpha value is -2.89. The number of hydrogen-bond donors (Lipinski definition) is 1. The van der Waals surface area contributed by atoms with Crippen LogP contribution in [0.15, 0.2) is 42.5 Å². The van der Waals surface area contributed by atoms with Gasteiger partial charge in [-0.3, -0.25) is 14.9 Å². The highest BCUT2D eigenvalue weighted by molar-refractivity contribution is 5.94. The van der Waals surface area contributed by atoms with E-state index in [2.05, 4.69) is 5.32 Å². The molecule has 0 aromatic heterocycles. The number of carbonyl (C=O) groups excluding carboxylic acids is 1. The smallest absolute Gasteiger partial charge is 0.272 e. The van der Waals surface area contributed by atoms with Crippen molar-refractivity contribution in [3.8, 4) is 5.75 Å². The molecule has 0 saturated heterocycles. The summed E-state index contributed by atoms with van der Waals surface area (Å²) in [4.78, 5) is 22.4. The lowest BCUT2D eigenvalue weighted by Gasteiger charge is -2.07. The van der Waals surface area contributed by atoms with Crippen molar-refractivity contribution in [1.29, 1.82) is 0 Å². The summed E-state index contributed by atoms with van der Waals surface area (Å²) in [6, 6.07) is 12.2. The van der Waals surface area contributed by atoms with Crippen molar-refractivity contribution < 1.29 is 14.5 Å². The summed E-state index contributed by atoms with van der Waals surface area (Å²) < 4.78 is 5.18. The fourth-order valence-electron chi connectivity index (χ4n) is 2.43. The van der Waals surface area contributed by atoms with Gasteiger partial charge in [-0.2, -0.15) is 0 Å². The van der Waals surface area contributed by atoms with Gasteiger partial charge >= 0.3 is 0 Å². The number of aryl methyl sites for hydroxylation is 2. The van der Waals surface area contributed by atoms with Gasteiger partial charge in [0.25, 0.3) is 11.6 Å². The molecule has 1 N–H and O–H groups in total. The van der Waals surface area contributed by atoms with Gasteiger partial charge < -0.3 is 10.1 Å². The minimum Gasteiger partial charge on any atom is -0.497 e. The molecule has 6 heteroatoms. The first-order valence-electron chi connectivity index (χ1n) is 7.67. The molecule has 0 radical (unpaired) electrons. The van der Waals surface area contributed by atoms with E-state index in [0.29, 0.717) is 17.7 Å². The second-order valence-corrected chi connectivity index (χ2v) is 5.47. The van der Waals surface area contributed by atoms with Crippen molar-refractivity contribution in [2.24, 2.45) is 0 Å². The Morgan fingerprint density at radius 3 is 2.71 bits per heavy atom. The van der Waals surface area contributed by atoms with Crippen LogP contribution in [0.5, 0.6) is 5.75 Å². The molecule has 6 nitrogen and oxygen atoms in total. The number of carbonyl (C=O) groups is 1. The molecule has 2 rings (SSSR count). The first-order chi connectivity index (χ1) is 11.5. The second-order valence-electron chi connectivity index (χ2n) is 5.47. The molecular formula is C18H20N2O4. The summed E-state index contributed by atoms with van der Waals surface area (Å²) in [5, 5.41) is 13.6. The second kappa shape index (κ2) is 8.10. The highest BCUT2D eigenvalue weighted by Crippen LogP contribution is 2.18. The molecule has 0 aliphatic carbocycles. The summed E-state index contributed by atoms with van der Waals surface area (Å²) in [5.74, 6) is 0.594. The first-order valence-corrected chi connectivity index (χ1v) is 7.67. The molecule has 1 amide bonds. The van der Waals surface area contributed by atoms with E-state index in [9.17, 15) is 14.9 Å². The largest absolute Gasteiger partial charge is 0.497 e. The van der Waals surface area contributed by atoms with Gasteiger partial charge in [-0.15, -0.1) is 0 Å². The predicted molar refractivity (Wildman–Crippen MR) is 91.5 cm³/mol. The number of rotatable bonds is 7. The third kappa shape index (κ3) is 4.55. The molecule has 0 heterocycles. The SMILES string of the molecule is COc1cccc(CCCNC(=O)c2ccc([N+](=O)[O-])c(C)c2)c1. The first kappa shape index (κ1) is 17.5. The van der Waals surface area contributed by atoms with Crippen molar-refractivity contribution in [2.45, 2.75) is 19.8 Å². The van der Waals surface area contributed by atoms with E-state index < -0.39 is 4.92 Å². The van der Waals surface area contributed by atoms with Crippen molar-refractivity contribution in [3.05, 3.63) is 69.3 Å². The molecule has 0 bridgehead atoms. The van der Waals surface area contributed by atoms with Gasteiger partial charge in [0.1, 0.15) is 5.75 Å². The van der Waals surface area contributed by atoms with E-state index >= 15 is 0 Å². The van der Waals surface area contributed by atoms with Crippen molar-refractivity contribution in [2.75, 3.05) is 13.7 Å². The topological polar surface area (TPSA) is 81.5 Å². The van der Waals surface area contributed by atoms with Crippen LogP contribution in [0.25, 0.3) is 0 Å². The summed E-state index contributed by atoms with van der Waals surface area (Å²) >= 11 is 0. The molecule has 24 heavy (non-hydrogen) atoms. The van der Waals surface area contributed by atoms with E-state index in [1.165, 1.54) is 18.2 Å². The van der Waals surface area contributed by atoms with Crippen molar-refractivity contribution in [1.82, 2.24) is 5.32 Å². The van der Waals surface area contributed by atoms with Crippen LogP contribution in [0.2, 0.25) is 0 Å². The van der Waals surface area contributed by atoms with Gasteiger partial charge in [0, 0.05) is 23.7 Å². The maximum atomic E-state index is 12.1. The minimum absolute atomic E-state index is 0.0181. The lowest BCUT2D eigenvalue weighted by molar-refractivity contribution is -0.385. The number of hydrogen-bond acceptors (Lipinski definition) is 4. The van der Waals surface area contributed by atoms with Crippen molar-refractivity contribution >= 4 is 11.6 Å². The maximum absolute atomic E-state index is 12.1. The minimum atomic E-state index is -0.453. The third-order valence-corrected chi connectivity index (χ3v) is 3.72. The molecule has 0 unspecified atom stereocenters. The Bertz CT molecular complexity index is 744. The molecule has 0 atom stereocenters. The number of methoxy groups -OCH3 is 1. The average molecular weight is 328 g/mol. The number of ether oxygens (including phenoxy) is 1. The monoisotopic (exact) mass is 328 g/mol. The van der Waals surface area contributed by atoms with Gasteiger partial charge in [0.05, 0.1) is 12.0 Å². The molecule has 0 fully saturated rings. The van der Waals surface area contributed by atoms with Crippen LogP contribution >= 0.6 is 0 Å². The molecule has 0 aliphatic heterocycles. The van der Waals surface area contributed by atoms with Gasteiger partial charge in [0.2, 0.25) is 0 Å². The predicted octanol–water partition coefficient (Wildman–Crippen LogP) is 3.27. The van der Waals surface area contributed by atoms with E-state index in [4.69, 9.17) is 4.74 Å². The van der Waals surface area contributed by atoms with E-state index in [1.54, 1.807) is 14.0 Å². The molecule has 2 aromatic carbocycles. The molecular weight excluding hydrogens is 308 g/mol. The van der Waals surface area contributed by atoms with Crippen LogP contribution in [0.1, 0.15) is 27.9 Å². The summed E-state index contributed by atoms with van der Waals surface area (Å²) in [7, 11) is 1.63. The molecule has 126 valence electrons. The number of amides is 1. The number of benzene rings is 2. The van der Waals surface area contributed by atoms with Crippen LogP contribution in [0.3, 0.4) is 0 Å². The normalized spacial score (nSPS) is 10.2. The highest BCUT2D eigenvalue weighted by Gasteiger charge is 2.13. The van der Waals surface area contributed by atoms with Gasteiger partial charge in [-0.05, 0) is 49.6 Å². The maximum Gasteiger partial charge on any atom is 0.272 e. The Labute approximate surface area is 140 Å². The van der Waals surface area contributed by atoms with Crippen LogP contribution < -0.4 is 10.1 Å². The fraction of sp³-hybridized carbons (Fsp3) is 0.278. The fourth-order valence-corrected chi connectivity index (χ4v) is 2.43. The number of nitrogens with one attached hydrogen (secondary N) is 1. The zero-order valence-corrected chi connectivity index (χ0v) is 13.7. The van der Waals surface area contributed by atoms with Gasteiger partial charge in [-0.1, -0.05) is 12.1 Å². The van der Waals surface area contributed by atoms with Crippen LogP contribution in [0.4, 0.5) is 5.69 Å². The number of nitro groups is 1. The zero-order chi connectivity index (χ0) is 17.5. The Balaban J connectivity index is 1.85. The Morgan fingerprint density at radius 2 is 2.04 bits per heavy atom. The summed E-state index contributed by atoms with van der Waals surface area (Å²) in [6.45, 7) is 2.16. The third-order valence-electron chi connectivity index (χ3n) is 3.72. The number of nitrogens with zero attached hydrogens (tertiary/aromatic N) is 1. The zero-order valence-electron chi connectivity index (χ0n) is 13.7. The van der Waals surface area contributed by atoms with Crippen LogP contribution in [0, 0.1) is 17.0 Å².